The zero-order valence-corrected chi connectivity index (χ0v) is 18.2. The second-order valence-electron chi connectivity index (χ2n) is 7.39. The van der Waals surface area contributed by atoms with Crippen LogP contribution in [0.25, 0.3) is 0 Å². The molecule has 30 heavy (non-hydrogen) atoms. The van der Waals surface area contributed by atoms with Crippen molar-refractivity contribution >= 4 is 23.1 Å². The molecule has 4 nitrogen and oxygen atoms in total. The number of methoxy groups -OCH3 is 1. The number of aryl methyl sites for hydroxylation is 1. The number of hydrogen-bond donors (Lipinski definition) is 1. The van der Waals surface area contributed by atoms with Crippen molar-refractivity contribution in [1.29, 1.82) is 0 Å². The molecule has 2 heterocycles. The van der Waals surface area contributed by atoms with E-state index >= 15 is 0 Å². The zero-order chi connectivity index (χ0) is 21.3. The summed E-state index contributed by atoms with van der Waals surface area (Å²) >= 11 is 1.75. The minimum atomic E-state index is -0.277. The van der Waals surface area contributed by atoms with Crippen LogP contribution in [0.4, 0.5) is 14.9 Å². The molecule has 2 amide bonds. The summed E-state index contributed by atoms with van der Waals surface area (Å²) in [5.41, 5.74) is 4.37. The van der Waals surface area contributed by atoms with Crippen LogP contribution in [0, 0.1) is 12.7 Å². The number of benzene rings is 2. The number of amides is 2. The van der Waals surface area contributed by atoms with Crippen molar-refractivity contribution in [3.8, 4) is 5.75 Å². The third-order valence-corrected chi connectivity index (χ3v) is 6.90. The van der Waals surface area contributed by atoms with E-state index in [1.54, 1.807) is 30.6 Å². The minimum Gasteiger partial charge on any atom is -0.497 e. The highest BCUT2D eigenvalue weighted by atomic mass is 32.1. The van der Waals surface area contributed by atoms with E-state index in [9.17, 15) is 9.18 Å². The Morgan fingerprint density at radius 2 is 1.90 bits per heavy atom. The molecule has 1 aliphatic heterocycles. The van der Waals surface area contributed by atoms with Crippen molar-refractivity contribution in [2.45, 2.75) is 32.7 Å². The van der Waals surface area contributed by atoms with Gasteiger partial charge in [-0.05, 0) is 72.9 Å². The largest absolute Gasteiger partial charge is 0.497 e. The lowest BCUT2D eigenvalue weighted by Crippen LogP contribution is -2.42. The topological polar surface area (TPSA) is 41.6 Å². The summed E-state index contributed by atoms with van der Waals surface area (Å²) in [6.45, 7) is 4.93. The fraction of sp³-hybridized carbons (Fsp3) is 0.292. The highest BCUT2D eigenvalue weighted by molar-refractivity contribution is 7.12. The smallest absolute Gasteiger partial charge is 0.322 e. The predicted molar refractivity (Wildman–Crippen MR) is 119 cm³/mol. The standard InChI is InChI=1S/C24H25FN2O2S/c1-4-20-15(2)30-23-21(20)13-14-27(22(23)16-5-7-17(25)8-6-16)24(28)26-18-9-11-19(29-3)12-10-18/h5-12,22H,4,13-14H2,1-3H3,(H,26,28). The molecule has 2 aromatic carbocycles. The number of thiophene rings is 1. The predicted octanol–water partition coefficient (Wildman–Crippen LogP) is 5.95. The van der Waals surface area contributed by atoms with Crippen molar-refractivity contribution in [2.75, 3.05) is 19.0 Å². The van der Waals surface area contributed by atoms with Gasteiger partial charge in [-0.3, -0.25) is 0 Å². The Bertz CT molecular complexity index is 1040. The van der Waals surface area contributed by atoms with E-state index in [4.69, 9.17) is 4.74 Å². The lowest BCUT2D eigenvalue weighted by molar-refractivity contribution is 0.195. The van der Waals surface area contributed by atoms with E-state index in [0.717, 1.165) is 24.2 Å². The Labute approximate surface area is 180 Å². The van der Waals surface area contributed by atoms with Gasteiger partial charge in [-0.15, -0.1) is 11.3 Å². The van der Waals surface area contributed by atoms with Crippen LogP contribution < -0.4 is 10.1 Å². The summed E-state index contributed by atoms with van der Waals surface area (Å²) in [5, 5.41) is 3.00. The molecule has 0 fully saturated rings. The van der Waals surface area contributed by atoms with Gasteiger partial charge in [0.2, 0.25) is 0 Å². The number of anilines is 1. The van der Waals surface area contributed by atoms with Gasteiger partial charge < -0.3 is 15.0 Å². The van der Waals surface area contributed by atoms with Gasteiger partial charge in [-0.2, -0.15) is 0 Å². The molecule has 0 bridgehead atoms. The number of nitrogens with zero attached hydrogens (tertiary/aromatic N) is 1. The van der Waals surface area contributed by atoms with Crippen LogP contribution in [0.15, 0.2) is 48.5 Å². The molecule has 6 heteroatoms. The van der Waals surface area contributed by atoms with E-state index in [-0.39, 0.29) is 17.9 Å². The number of fused-ring (bicyclic) bond motifs is 1. The summed E-state index contributed by atoms with van der Waals surface area (Å²) in [6.07, 6.45) is 1.81. The lowest BCUT2D eigenvalue weighted by Gasteiger charge is -2.36. The first-order valence-corrected chi connectivity index (χ1v) is 10.9. The third kappa shape index (κ3) is 3.79. The maximum absolute atomic E-state index is 13.6. The molecule has 0 saturated heterocycles. The fourth-order valence-corrected chi connectivity index (χ4v) is 5.62. The SMILES string of the molecule is CCc1c(C)sc2c1CCN(C(=O)Nc1ccc(OC)cc1)C2c1ccc(F)cc1. The quantitative estimate of drug-likeness (QED) is 0.563. The molecule has 0 radical (unpaired) electrons. The summed E-state index contributed by atoms with van der Waals surface area (Å²) < 4.78 is 18.8. The van der Waals surface area contributed by atoms with Crippen molar-refractivity contribution in [2.24, 2.45) is 0 Å². The molecule has 1 atom stereocenters. The van der Waals surface area contributed by atoms with E-state index in [1.165, 1.54) is 33.0 Å². The summed E-state index contributed by atoms with van der Waals surface area (Å²) in [5.74, 6) is 0.460. The number of carbonyl (C=O) groups excluding carboxylic acids is 1. The van der Waals surface area contributed by atoms with Crippen LogP contribution in [-0.2, 0) is 12.8 Å². The first-order chi connectivity index (χ1) is 14.5. The molecular formula is C24H25FN2O2S. The summed E-state index contributed by atoms with van der Waals surface area (Å²) in [7, 11) is 1.61. The Hall–Kier alpha value is -2.86. The van der Waals surface area contributed by atoms with Crippen LogP contribution in [0.1, 0.15) is 39.4 Å². The molecule has 1 unspecified atom stereocenters. The van der Waals surface area contributed by atoms with E-state index in [0.29, 0.717) is 12.2 Å². The van der Waals surface area contributed by atoms with E-state index < -0.39 is 0 Å². The summed E-state index contributed by atoms with van der Waals surface area (Å²) in [4.78, 5) is 17.6. The van der Waals surface area contributed by atoms with E-state index in [2.05, 4.69) is 19.2 Å². The van der Waals surface area contributed by atoms with Gasteiger partial charge in [0.15, 0.2) is 0 Å². The molecule has 0 spiro atoms. The number of hydrogen-bond acceptors (Lipinski definition) is 3. The van der Waals surface area contributed by atoms with Gasteiger partial charge in [0.05, 0.1) is 13.2 Å². The second kappa shape index (κ2) is 8.48. The Kier molecular flexibility index (Phi) is 5.77. The molecule has 156 valence electrons. The van der Waals surface area contributed by atoms with Crippen LogP contribution in [-0.4, -0.2) is 24.6 Å². The minimum absolute atomic E-state index is 0.163. The first kappa shape index (κ1) is 20.4. The average Bonchev–Trinajstić information content (AvgIpc) is 3.09. The average molecular weight is 425 g/mol. The van der Waals surface area contributed by atoms with Crippen molar-refractivity contribution in [1.82, 2.24) is 4.90 Å². The second-order valence-corrected chi connectivity index (χ2v) is 8.65. The van der Waals surface area contributed by atoms with Crippen LogP contribution in [0.5, 0.6) is 5.75 Å². The van der Waals surface area contributed by atoms with Crippen molar-refractivity contribution < 1.29 is 13.9 Å². The molecule has 0 aliphatic carbocycles. The molecule has 0 saturated carbocycles. The number of halogens is 1. The Morgan fingerprint density at radius 1 is 1.20 bits per heavy atom. The van der Waals surface area contributed by atoms with Crippen LogP contribution >= 0.6 is 11.3 Å². The Morgan fingerprint density at radius 3 is 2.53 bits per heavy atom. The first-order valence-electron chi connectivity index (χ1n) is 10.1. The number of ether oxygens (including phenoxy) is 1. The van der Waals surface area contributed by atoms with Crippen molar-refractivity contribution in [3.63, 3.8) is 0 Å². The van der Waals surface area contributed by atoms with Gasteiger partial charge >= 0.3 is 6.03 Å². The number of carbonyl (C=O) groups is 1. The van der Waals surface area contributed by atoms with Gasteiger partial charge in [0.1, 0.15) is 11.6 Å². The monoisotopic (exact) mass is 424 g/mol. The number of urea groups is 1. The highest BCUT2D eigenvalue weighted by Gasteiger charge is 2.35. The van der Waals surface area contributed by atoms with Gasteiger partial charge in [0.25, 0.3) is 0 Å². The van der Waals surface area contributed by atoms with Crippen LogP contribution in [0.3, 0.4) is 0 Å². The van der Waals surface area contributed by atoms with Crippen LogP contribution in [0.2, 0.25) is 0 Å². The molecule has 1 aromatic heterocycles. The summed E-state index contributed by atoms with van der Waals surface area (Å²) in [6, 6.07) is 13.4. The number of rotatable bonds is 4. The van der Waals surface area contributed by atoms with Crippen molar-refractivity contribution in [3.05, 3.63) is 80.8 Å². The normalized spacial score (nSPS) is 15.6. The van der Waals surface area contributed by atoms with Gasteiger partial charge in [0, 0.05) is 22.0 Å². The highest BCUT2D eigenvalue weighted by Crippen LogP contribution is 2.43. The lowest BCUT2D eigenvalue weighted by atomic mass is 9.92. The van der Waals surface area contributed by atoms with Gasteiger partial charge in [-0.25, -0.2) is 9.18 Å². The molecule has 3 aromatic rings. The molecule has 4 rings (SSSR count). The molecular weight excluding hydrogens is 399 g/mol. The maximum Gasteiger partial charge on any atom is 0.322 e. The Balaban J connectivity index is 1.69. The third-order valence-electron chi connectivity index (χ3n) is 5.65. The number of nitrogens with one attached hydrogen (secondary N) is 1. The fourth-order valence-electron chi connectivity index (χ4n) is 4.17. The zero-order valence-electron chi connectivity index (χ0n) is 17.4. The maximum atomic E-state index is 13.6. The van der Waals surface area contributed by atoms with E-state index in [1.807, 2.05) is 29.2 Å². The molecule has 1 N–H and O–H groups in total. The molecule has 1 aliphatic rings. The van der Waals surface area contributed by atoms with Gasteiger partial charge in [-0.1, -0.05) is 19.1 Å².